The summed E-state index contributed by atoms with van der Waals surface area (Å²) < 4.78 is 4.94. The Balaban J connectivity index is 2.14. The van der Waals surface area contributed by atoms with Crippen molar-refractivity contribution in [1.29, 1.82) is 0 Å². The first-order valence-electron chi connectivity index (χ1n) is 5.30. The average molecular weight is 316 g/mol. The highest BCUT2D eigenvalue weighted by molar-refractivity contribution is 9.10. The number of aromatic nitrogens is 5. The van der Waals surface area contributed by atoms with Gasteiger partial charge in [-0.05, 0) is 22.4 Å². The Morgan fingerprint density at radius 1 is 1.41 bits per heavy atom. The first kappa shape index (κ1) is 12.6. The molecule has 5 nitrogen and oxygen atoms in total. The van der Waals surface area contributed by atoms with E-state index in [9.17, 15) is 0 Å². The van der Waals surface area contributed by atoms with E-state index < -0.39 is 0 Å². The van der Waals surface area contributed by atoms with Crippen LogP contribution in [0.5, 0.6) is 0 Å². The van der Waals surface area contributed by atoms with Crippen LogP contribution in [0, 0.1) is 0 Å². The number of aryl methyl sites for hydroxylation is 3. The molecule has 0 spiro atoms. The second-order valence-electron chi connectivity index (χ2n) is 3.70. The summed E-state index contributed by atoms with van der Waals surface area (Å²) >= 11 is 5.26. The highest BCUT2D eigenvalue weighted by Crippen LogP contribution is 2.27. The topological polar surface area (TPSA) is 48.5 Å². The smallest absolute Gasteiger partial charge is 0.191 e. The van der Waals surface area contributed by atoms with Gasteiger partial charge < -0.3 is 4.57 Å². The SMILES string of the molecule is CCc1nn(C)c(CSc2nncn2C)c1Br. The monoisotopic (exact) mass is 315 g/mol. The minimum Gasteiger partial charge on any atom is -0.312 e. The molecule has 2 aromatic rings. The Bertz CT molecular complexity index is 519. The van der Waals surface area contributed by atoms with Crippen LogP contribution in [0.15, 0.2) is 16.0 Å². The summed E-state index contributed by atoms with van der Waals surface area (Å²) in [5, 5.41) is 13.3. The predicted octanol–water partition coefficient (Wildman–Crippen LogP) is 2.17. The van der Waals surface area contributed by atoms with E-state index in [1.807, 2.05) is 23.3 Å². The molecular formula is C10H14BrN5S. The first-order chi connectivity index (χ1) is 8.13. The second kappa shape index (κ2) is 5.22. The molecule has 0 saturated heterocycles. The highest BCUT2D eigenvalue weighted by atomic mass is 79.9. The van der Waals surface area contributed by atoms with Crippen LogP contribution in [0.25, 0.3) is 0 Å². The van der Waals surface area contributed by atoms with Crippen LogP contribution < -0.4 is 0 Å². The molecule has 0 amide bonds. The van der Waals surface area contributed by atoms with Crippen LogP contribution in [0.2, 0.25) is 0 Å². The van der Waals surface area contributed by atoms with Gasteiger partial charge in [0.2, 0.25) is 0 Å². The number of hydrogen-bond acceptors (Lipinski definition) is 4. The average Bonchev–Trinajstić information content (AvgIpc) is 2.82. The quantitative estimate of drug-likeness (QED) is 0.811. The molecule has 0 unspecified atom stereocenters. The van der Waals surface area contributed by atoms with Gasteiger partial charge in [0.1, 0.15) is 6.33 Å². The number of nitrogens with zero attached hydrogens (tertiary/aromatic N) is 5. The fraction of sp³-hybridized carbons (Fsp3) is 0.500. The number of halogens is 1. The molecule has 0 fully saturated rings. The summed E-state index contributed by atoms with van der Waals surface area (Å²) in [6, 6.07) is 0. The molecule has 92 valence electrons. The molecule has 0 N–H and O–H groups in total. The molecule has 7 heteroatoms. The molecule has 17 heavy (non-hydrogen) atoms. The molecular weight excluding hydrogens is 302 g/mol. The Morgan fingerprint density at radius 2 is 2.18 bits per heavy atom. The lowest BCUT2D eigenvalue weighted by Crippen LogP contribution is -1.98. The maximum Gasteiger partial charge on any atom is 0.191 e. The third-order valence-electron chi connectivity index (χ3n) is 2.51. The van der Waals surface area contributed by atoms with Crippen LogP contribution in [0.1, 0.15) is 18.3 Å². The van der Waals surface area contributed by atoms with Crippen LogP contribution in [-0.4, -0.2) is 24.5 Å². The van der Waals surface area contributed by atoms with Crippen molar-refractivity contribution in [2.75, 3.05) is 0 Å². The van der Waals surface area contributed by atoms with Crippen molar-refractivity contribution in [2.45, 2.75) is 24.3 Å². The molecule has 0 aliphatic carbocycles. The molecule has 0 saturated carbocycles. The molecule has 0 aliphatic heterocycles. The van der Waals surface area contributed by atoms with Gasteiger partial charge in [-0.2, -0.15) is 5.10 Å². The third-order valence-corrected chi connectivity index (χ3v) is 4.47. The Hall–Kier alpha value is -0.820. The number of thioether (sulfide) groups is 1. The lowest BCUT2D eigenvalue weighted by Gasteiger charge is -2.02. The standard InChI is InChI=1S/C10H14BrN5S/c1-4-7-9(11)8(16(3)14-7)5-17-10-13-12-6-15(10)2/h6H,4-5H2,1-3H3. The van der Waals surface area contributed by atoms with Gasteiger partial charge in [0.25, 0.3) is 0 Å². The van der Waals surface area contributed by atoms with Gasteiger partial charge in [-0.3, -0.25) is 4.68 Å². The molecule has 2 heterocycles. The highest BCUT2D eigenvalue weighted by Gasteiger charge is 2.13. The lowest BCUT2D eigenvalue weighted by molar-refractivity contribution is 0.718. The Morgan fingerprint density at radius 3 is 2.71 bits per heavy atom. The van der Waals surface area contributed by atoms with Gasteiger partial charge in [-0.15, -0.1) is 10.2 Å². The van der Waals surface area contributed by atoms with Crippen molar-refractivity contribution in [1.82, 2.24) is 24.5 Å². The molecule has 0 bridgehead atoms. The van der Waals surface area contributed by atoms with E-state index >= 15 is 0 Å². The van der Waals surface area contributed by atoms with Gasteiger partial charge in [0.05, 0.1) is 15.9 Å². The van der Waals surface area contributed by atoms with Crippen LogP contribution in [0.4, 0.5) is 0 Å². The van der Waals surface area contributed by atoms with Crippen molar-refractivity contribution in [3.8, 4) is 0 Å². The fourth-order valence-electron chi connectivity index (χ4n) is 1.51. The zero-order valence-corrected chi connectivity index (χ0v) is 12.4. The Labute approximate surface area is 113 Å². The summed E-state index contributed by atoms with van der Waals surface area (Å²) in [6.07, 6.45) is 2.64. The first-order valence-corrected chi connectivity index (χ1v) is 7.08. The number of hydrogen-bond donors (Lipinski definition) is 0. The van der Waals surface area contributed by atoms with Crippen LogP contribution in [0.3, 0.4) is 0 Å². The summed E-state index contributed by atoms with van der Waals surface area (Å²) in [4.78, 5) is 0. The molecule has 0 radical (unpaired) electrons. The minimum absolute atomic E-state index is 0.830. The van der Waals surface area contributed by atoms with Crippen molar-refractivity contribution in [3.63, 3.8) is 0 Å². The summed E-state index contributed by atoms with van der Waals surface area (Å²) in [5.74, 6) is 0.830. The zero-order chi connectivity index (χ0) is 12.4. The van der Waals surface area contributed by atoms with E-state index in [0.29, 0.717) is 0 Å². The van der Waals surface area contributed by atoms with E-state index in [4.69, 9.17) is 0 Å². The van der Waals surface area contributed by atoms with Gasteiger partial charge in [0, 0.05) is 19.8 Å². The van der Waals surface area contributed by atoms with Gasteiger partial charge >= 0.3 is 0 Å². The van der Waals surface area contributed by atoms with Crippen LogP contribution >= 0.6 is 27.7 Å². The molecule has 0 atom stereocenters. The van der Waals surface area contributed by atoms with Crippen LogP contribution in [-0.2, 0) is 26.3 Å². The molecule has 2 rings (SSSR count). The van der Waals surface area contributed by atoms with Crippen molar-refractivity contribution < 1.29 is 0 Å². The third kappa shape index (κ3) is 2.55. The zero-order valence-electron chi connectivity index (χ0n) is 10.0. The van der Waals surface area contributed by atoms with Crippen molar-refractivity contribution in [2.24, 2.45) is 14.1 Å². The molecule has 0 aliphatic rings. The summed E-state index contributed by atoms with van der Waals surface area (Å²) in [5.41, 5.74) is 2.27. The summed E-state index contributed by atoms with van der Waals surface area (Å²) in [7, 11) is 3.91. The Kier molecular flexibility index (Phi) is 3.88. The maximum atomic E-state index is 4.46. The molecule has 2 aromatic heterocycles. The van der Waals surface area contributed by atoms with E-state index in [1.165, 1.54) is 5.69 Å². The van der Waals surface area contributed by atoms with Gasteiger partial charge in [-0.1, -0.05) is 18.7 Å². The number of rotatable bonds is 4. The van der Waals surface area contributed by atoms with E-state index in [0.717, 1.165) is 27.5 Å². The van der Waals surface area contributed by atoms with E-state index in [-0.39, 0.29) is 0 Å². The molecule has 0 aromatic carbocycles. The summed E-state index contributed by atoms with van der Waals surface area (Å²) in [6.45, 7) is 2.10. The fourth-order valence-corrected chi connectivity index (χ4v) is 3.41. The predicted molar refractivity (Wildman–Crippen MR) is 70.9 cm³/mol. The second-order valence-corrected chi connectivity index (χ2v) is 5.43. The van der Waals surface area contributed by atoms with E-state index in [2.05, 4.69) is 38.1 Å². The van der Waals surface area contributed by atoms with Crippen molar-refractivity contribution >= 4 is 27.7 Å². The van der Waals surface area contributed by atoms with Gasteiger partial charge in [0.15, 0.2) is 5.16 Å². The normalized spacial score (nSPS) is 11.1. The minimum atomic E-state index is 0.830. The van der Waals surface area contributed by atoms with Crippen molar-refractivity contribution in [3.05, 3.63) is 22.2 Å². The van der Waals surface area contributed by atoms with E-state index in [1.54, 1.807) is 18.1 Å². The maximum absolute atomic E-state index is 4.46. The lowest BCUT2D eigenvalue weighted by atomic mass is 10.3. The largest absolute Gasteiger partial charge is 0.312 e. The van der Waals surface area contributed by atoms with Gasteiger partial charge in [-0.25, -0.2) is 0 Å².